The third kappa shape index (κ3) is 3.77. The summed E-state index contributed by atoms with van der Waals surface area (Å²) in [5, 5.41) is 3.58. The average molecular weight is 374 g/mol. The van der Waals surface area contributed by atoms with Crippen LogP contribution in [0.4, 0.5) is 0 Å². The lowest BCUT2D eigenvalue weighted by molar-refractivity contribution is 0.696. The van der Waals surface area contributed by atoms with E-state index in [0.717, 1.165) is 22.6 Å². The topological polar surface area (TPSA) is 0 Å². The molecule has 3 unspecified atom stereocenters. The van der Waals surface area contributed by atoms with Gasteiger partial charge >= 0.3 is 0 Å². The lowest BCUT2D eigenvalue weighted by Crippen LogP contribution is -2.30. The predicted molar refractivity (Wildman–Crippen MR) is 119 cm³/mol. The Balaban J connectivity index is 2.04. The molecular weight excluding hydrogens is 338 g/mol. The number of rotatable bonds is 6. The van der Waals surface area contributed by atoms with Crippen LogP contribution in [0.5, 0.6) is 0 Å². The fourth-order valence-corrected chi connectivity index (χ4v) is 13.1. The Hall–Kier alpha value is -0.180. The van der Waals surface area contributed by atoms with Gasteiger partial charge in [-0.15, -0.1) is 0 Å². The fraction of sp³-hybridized carbons (Fsp3) is 0.652. The molecule has 0 bridgehead atoms. The van der Waals surface area contributed by atoms with Gasteiger partial charge in [-0.2, -0.15) is 0 Å². The maximum absolute atomic E-state index is 4.39. The van der Waals surface area contributed by atoms with Gasteiger partial charge in [0.1, 0.15) is 0 Å². The van der Waals surface area contributed by atoms with Gasteiger partial charge in [-0.05, 0) is 79.5 Å². The van der Waals surface area contributed by atoms with E-state index in [4.69, 9.17) is 0 Å². The van der Waals surface area contributed by atoms with Crippen molar-refractivity contribution in [1.82, 2.24) is 0 Å². The highest BCUT2D eigenvalue weighted by Crippen LogP contribution is 2.61. The van der Waals surface area contributed by atoms with E-state index >= 15 is 0 Å². The van der Waals surface area contributed by atoms with Crippen molar-refractivity contribution in [1.29, 1.82) is 0 Å². The van der Waals surface area contributed by atoms with E-state index in [-0.39, 0.29) is 15.8 Å². The van der Waals surface area contributed by atoms with Gasteiger partial charge in [-0.3, -0.25) is 0 Å². The molecule has 2 heterocycles. The zero-order valence-corrected chi connectivity index (χ0v) is 18.5. The van der Waals surface area contributed by atoms with Crippen LogP contribution in [0.25, 0.3) is 0 Å². The van der Waals surface area contributed by atoms with Crippen LogP contribution in [0.1, 0.15) is 72.6 Å². The van der Waals surface area contributed by atoms with Gasteiger partial charge in [0, 0.05) is 5.66 Å². The number of allylic oxidation sites excluding steroid dienone is 1. The summed E-state index contributed by atoms with van der Waals surface area (Å²) in [7, 11) is -0.0550. The molecule has 0 amide bonds. The molecule has 0 radical (unpaired) electrons. The molecule has 0 nitrogen and oxygen atoms in total. The highest BCUT2D eigenvalue weighted by molar-refractivity contribution is 7.73. The van der Waals surface area contributed by atoms with Crippen molar-refractivity contribution in [2.75, 3.05) is 0 Å². The van der Waals surface area contributed by atoms with E-state index in [1.54, 1.807) is 10.6 Å². The summed E-state index contributed by atoms with van der Waals surface area (Å²) in [4.78, 5) is 0. The quantitative estimate of drug-likeness (QED) is 0.381. The van der Waals surface area contributed by atoms with Crippen molar-refractivity contribution in [2.45, 2.75) is 95.3 Å². The summed E-state index contributed by atoms with van der Waals surface area (Å²) in [6, 6.07) is 9.68. The Kier molecular flexibility index (Phi) is 6.79. The maximum Gasteiger partial charge on any atom is 0.00382 e. The Morgan fingerprint density at radius 2 is 1.28 bits per heavy atom. The van der Waals surface area contributed by atoms with Gasteiger partial charge in [-0.1, -0.05) is 73.0 Å². The van der Waals surface area contributed by atoms with Crippen molar-refractivity contribution < 1.29 is 0 Å². The SMILES string of the molecule is C=C(C)[C@@H]1CC[C@@H](CC)P1c1ccccc1P1C(CC)CC[C@H]1CC. The molecule has 0 aliphatic carbocycles. The number of hydrogen-bond acceptors (Lipinski definition) is 0. The summed E-state index contributed by atoms with van der Waals surface area (Å²) >= 11 is 0. The first kappa shape index (κ1) is 19.6. The molecule has 2 aliphatic rings. The van der Waals surface area contributed by atoms with Crippen molar-refractivity contribution in [2.24, 2.45) is 0 Å². The Bertz CT molecular complexity index is 582. The molecule has 138 valence electrons. The van der Waals surface area contributed by atoms with Crippen LogP contribution in [0.15, 0.2) is 36.4 Å². The molecular formula is C23H36P2. The highest BCUT2D eigenvalue weighted by atomic mass is 31.1. The lowest BCUT2D eigenvalue weighted by Gasteiger charge is -2.33. The van der Waals surface area contributed by atoms with Crippen LogP contribution in [0.2, 0.25) is 0 Å². The maximum atomic E-state index is 4.39. The van der Waals surface area contributed by atoms with Crippen LogP contribution in [0, 0.1) is 0 Å². The fourth-order valence-electron chi connectivity index (χ4n) is 5.19. The first-order chi connectivity index (χ1) is 12.1. The number of hydrogen-bond donors (Lipinski definition) is 0. The molecule has 2 heteroatoms. The molecule has 2 fully saturated rings. The predicted octanol–water partition coefficient (Wildman–Crippen LogP) is 6.77. The van der Waals surface area contributed by atoms with Crippen LogP contribution >= 0.6 is 15.8 Å². The Labute approximate surface area is 158 Å². The van der Waals surface area contributed by atoms with Gasteiger partial charge in [0.05, 0.1) is 0 Å². The van der Waals surface area contributed by atoms with Crippen LogP contribution in [-0.2, 0) is 0 Å². The molecule has 2 aliphatic heterocycles. The molecule has 0 N–H and O–H groups in total. The van der Waals surface area contributed by atoms with Crippen molar-refractivity contribution in [3.05, 3.63) is 36.4 Å². The largest absolute Gasteiger partial charge is 0.0995 e. The van der Waals surface area contributed by atoms with E-state index in [9.17, 15) is 0 Å². The van der Waals surface area contributed by atoms with E-state index in [1.165, 1.54) is 50.5 Å². The van der Waals surface area contributed by atoms with E-state index < -0.39 is 0 Å². The van der Waals surface area contributed by atoms with E-state index in [2.05, 4.69) is 58.5 Å². The van der Waals surface area contributed by atoms with Gasteiger partial charge in [0.25, 0.3) is 0 Å². The van der Waals surface area contributed by atoms with Crippen molar-refractivity contribution in [3.8, 4) is 0 Å². The third-order valence-electron chi connectivity index (χ3n) is 6.54. The molecule has 0 saturated carbocycles. The summed E-state index contributed by atoms with van der Waals surface area (Å²) in [5.41, 5.74) is 5.04. The number of benzene rings is 1. The minimum absolute atomic E-state index is 0.0200. The van der Waals surface area contributed by atoms with Crippen LogP contribution in [0.3, 0.4) is 0 Å². The minimum Gasteiger partial charge on any atom is -0.0995 e. The average Bonchev–Trinajstić information content (AvgIpc) is 3.24. The molecule has 0 aromatic heterocycles. The van der Waals surface area contributed by atoms with Gasteiger partial charge in [-0.25, -0.2) is 0 Å². The second kappa shape index (κ2) is 8.67. The normalized spacial score (nSPS) is 35.2. The van der Waals surface area contributed by atoms with E-state index in [0.29, 0.717) is 0 Å². The van der Waals surface area contributed by atoms with Gasteiger partial charge in [0.15, 0.2) is 0 Å². The zero-order chi connectivity index (χ0) is 18.0. The summed E-state index contributed by atoms with van der Waals surface area (Å²) in [5.74, 6) is 0. The second-order valence-electron chi connectivity index (χ2n) is 8.01. The van der Waals surface area contributed by atoms with Gasteiger partial charge < -0.3 is 0 Å². The monoisotopic (exact) mass is 374 g/mol. The van der Waals surface area contributed by atoms with Gasteiger partial charge in [0.2, 0.25) is 0 Å². The lowest BCUT2D eigenvalue weighted by atomic mass is 10.1. The van der Waals surface area contributed by atoms with Crippen molar-refractivity contribution >= 4 is 26.5 Å². The molecule has 1 aromatic carbocycles. The second-order valence-corrected chi connectivity index (χ2v) is 13.4. The molecule has 2 saturated heterocycles. The Morgan fingerprint density at radius 3 is 1.76 bits per heavy atom. The third-order valence-corrected chi connectivity index (χ3v) is 14.2. The molecule has 1 aromatic rings. The summed E-state index contributed by atoms with van der Waals surface area (Å²) in [6.45, 7) is 13.9. The first-order valence-electron chi connectivity index (χ1n) is 10.4. The van der Waals surface area contributed by atoms with E-state index in [1.807, 2.05) is 0 Å². The van der Waals surface area contributed by atoms with Crippen LogP contribution in [-0.4, -0.2) is 22.6 Å². The molecule has 25 heavy (non-hydrogen) atoms. The standard InChI is InChI=1S/C23H36P2/c1-6-18-13-14-19(7-2)24(18)22-11-9-10-12-23(22)25-20(8-3)15-16-21(25)17(4)5/h9-12,18-21H,4,6-8,13-16H2,1-3,5H3/t18-,19?,20-,21+,24?,25?/m1/s1. The smallest absolute Gasteiger partial charge is 0.00382 e. The summed E-state index contributed by atoms with van der Waals surface area (Å²) < 4.78 is 0. The molecule has 6 atom stereocenters. The Morgan fingerprint density at radius 1 is 0.840 bits per heavy atom. The molecule has 3 rings (SSSR count). The molecule has 0 spiro atoms. The van der Waals surface area contributed by atoms with Crippen molar-refractivity contribution in [3.63, 3.8) is 0 Å². The van der Waals surface area contributed by atoms with Crippen LogP contribution < -0.4 is 10.6 Å². The summed E-state index contributed by atoms with van der Waals surface area (Å²) in [6.07, 6.45) is 9.81. The highest BCUT2D eigenvalue weighted by Gasteiger charge is 2.41. The first-order valence-corrected chi connectivity index (χ1v) is 13.4. The zero-order valence-electron chi connectivity index (χ0n) is 16.7. The minimum atomic E-state index is -0.0750.